The van der Waals surface area contributed by atoms with Crippen LogP contribution in [0.25, 0.3) is 0 Å². The zero-order valence-corrected chi connectivity index (χ0v) is 12.1. The highest BCUT2D eigenvalue weighted by molar-refractivity contribution is 7.07. The van der Waals surface area contributed by atoms with Crippen molar-refractivity contribution in [2.75, 3.05) is 0 Å². The normalized spacial score (nSPS) is 14.4. The van der Waals surface area contributed by atoms with Gasteiger partial charge in [-0.05, 0) is 31.0 Å². The van der Waals surface area contributed by atoms with Gasteiger partial charge in [0.05, 0.1) is 11.2 Å². The Labute approximate surface area is 117 Å². The summed E-state index contributed by atoms with van der Waals surface area (Å²) in [4.78, 5) is 4.34. The van der Waals surface area contributed by atoms with Gasteiger partial charge in [0.1, 0.15) is 0 Å². The summed E-state index contributed by atoms with van der Waals surface area (Å²) in [6.07, 6.45) is 1.02. The molecule has 0 fully saturated rings. The topological polar surface area (TPSA) is 24.9 Å². The van der Waals surface area contributed by atoms with E-state index < -0.39 is 0 Å². The van der Waals surface area contributed by atoms with Crippen molar-refractivity contribution in [2.45, 2.75) is 32.4 Å². The fraction of sp³-hybridized carbons (Fsp3) is 0.357. The van der Waals surface area contributed by atoms with Crippen LogP contribution < -0.4 is 5.32 Å². The molecule has 1 N–H and O–H groups in total. The molecule has 0 bridgehead atoms. The lowest BCUT2D eigenvalue weighted by Gasteiger charge is -2.22. The predicted octanol–water partition coefficient (Wildman–Crippen LogP) is 4.60. The number of nitrogens with zero attached hydrogens (tertiary/aromatic N) is 1. The maximum absolute atomic E-state index is 6.04. The van der Waals surface area contributed by atoms with Crippen LogP contribution in [-0.2, 0) is 0 Å². The van der Waals surface area contributed by atoms with E-state index in [1.807, 2.05) is 23.7 Å². The van der Waals surface area contributed by atoms with Crippen molar-refractivity contribution in [1.82, 2.24) is 10.3 Å². The van der Waals surface area contributed by atoms with E-state index in [1.54, 1.807) is 11.3 Å². The zero-order valence-electron chi connectivity index (χ0n) is 10.6. The number of benzene rings is 1. The van der Waals surface area contributed by atoms with E-state index in [-0.39, 0.29) is 6.04 Å². The van der Waals surface area contributed by atoms with Gasteiger partial charge in [-0.25, -0.2) is 4.98 Å². The van der Waals surface area contributed by atoms with Gasteiger partial charge in [-0.3, -0.25) is 0 Å². The third-order valence-corrected chi connectivity index (χ3v) is 3.85. The molecule has 0 saturated carbocycles. The number of nitrogens with one attached hydrogen (secondary N) is 1. The minimum absolute atomic E-state index is 0.250. The molecule has 2 nitrogen and oxygen atoms in total. The Morgan fingerprint density at radius 2 is 2.28 bits per heavy atom. The van der Waals surface area contributed by atoms with Crippen molar-refractivity contribution in [2.24, 2.45) is 0 Å². The Morgan fingerprint density at radius 1 is 1.44 bits per heavy atom. The van der Waals surface area contributed by atoms with Gasteiger partial charge >= 0.3 is 0 Å². The van der Waals surface area contributed by atoms with Gasteiger partial charge < -0.3 is 5.32 Å². The van der Waals surface area contributed by atoms with Crippen molar-refractivity contribution < 1.29 is 0 Å². The quantitative estimate of drug-likeness (QED) is 0.866. The maximum atomic E-state index is 6.04. The molecule has 0 amide bonds. The SMILES string of the molecule is CCC(NC(C)c1cscn1)c1cccc(Cl)c1. The standard InChI is InChI=1S/C14H17ClN2S/c1-3-13(11-5-4-6-12(15)7-11)17-10(2)14-8-18-9-16-14/h4-10,13,17H,3H2,1-2H3. The smallest absolute Gasteiger partial charge is 0.0795 e. The number of halogens is 1. The molecule has 96 valence electrons. The molecule has 1 aromatic carbocycles. The van der Waals surface area contributed by atoms with Crippen molar-refractivity contribution >= 4 is 22.9 Å². The highest BCUT2D eigenvalue weighted by atomic mass is 35.5. The van der Waals surface area contributed by atoms with Crippen molar-refractivity contribution in [1.29, 1.82) is 0 Å². The molecule has 2 aromatic rings. The molecule has 2 atom stereocenters. The van der Waals surface area contributed by atoms with E-state index >= 15 is 0 Å². The molecule has 0 radical (unpaired) electrons. The minimum Gasteiger partial charge on any atom is -0.302 e. The second kappa shape index (κ2) is 6.32. The summed E-state index contributed by atoms with van der Waals surface area (Å²) in [6, 6.07) is 8.59. The van der Waals surface area contributed by atoms with Crippen molar-refractivity contribution in [3.05, 3.63) is 51.4 Å². The zero-order chi connectivity index (χ0) is 13.0. The highest BCUT2D eigenvalue weighted by Gasteiger charge is 2.15. The van der Waals surface area contributed by atoms with Crippen LogP contribution in [0.5, 0.6) is 0 Å². The first-order valence-electron chi connectivity index (χ1n) is 6.10. The predicted molar refractivity (Wildman–Crippen MR) is 78.1 cm³/mol. The average Bonchev–Trinajstić information content (AvgIpc) is 2.89. The number of aromatic nitrogens is 1. The van der Waals surface area contributed by atoms with Crippen LogP contribution in [-0.4, -0.2) is 4.98 Å². The summed E-state index contributed by atoms with van der Waals surface area (Å²) in [5.74, 6) is 0. The molecular weight excluding hydrogens is 264 g/mol. The Morgan fingerprint density at radius 3 is 2.89 bits per heavy atom. The number of rotatable bonds is 5. The largest absolute Gasteiger partial charge is 0.302 e. The summed E-state index contributed by atoms with van der Waals surface area (Å²) in [6.45, 7) is 4.31. The molecule has 0 aliphatic carbocycles. The van der Waals surface area contributed by atoms with E-state index in [2.05, 4.69) is 35.6 Å². The van der Waals surface area contributed by atoms with Crippen LogP contribution in [0.3, 0.4) is 0 Å². The lowest BCUT2D eigenvalue weighted by molar-refractivity contribution is 0.451. The molecule has 18 heavy (non-hydrogen) atoms. The minimum atomic E-state index is 0.250. The van der Waals surface area contributed by atoms with Crippen molar-refractivity contribution in [3.8, 4) is 0 Å². The Kier molecular flexibility index (Phi) is 4.75. The average molecular weight is 281 g/mol. The molecule has 2 rings (SSSR count). The van der Waals surface area contributed by atoms with Crippen LogP contribution in [0.4, 0.5) is 0 Å². The van der Waals surface area contributed by atoms with Crippen LogP contribution >= 0.6 is 22.9 Å². The lowest BCUT2D eigenvalue weighted by atomic mass is 10.0. The molecule has 4 heteroatoms. The van der Waals surface area contributed by atoms with E-state index in [4.69, 9.17) is 11.6 Å². The van der Waals surface area contributed by atoms with Gasteiger partial charge in [-0.2, -0.15) is 0 Å². The molecule has 0 spiro atoms. The summed E-state index contributed by atoms with van der Waals surface area (Å²) in [5.41, 5.74) is 4.20. The Bertz CT molecular complexity index is 484. The fourth-order valence-corrected chi connectivity index (χ4v) is 2.84. The van der Waals surface area contributed by atoms with E-state index in [0.717, 1.165) is 17.1 Å². The third kappa shape index (κ3) is 3.31. The Hall–Kier alpha value is -0.900. The van der Waals surface area contributed by atoms with Crippen LogP contribution in [0.15, 0.2) is 35.2 Å². The first kappa shape index (κ1) is 13.5. The summed E-state index contributed by atoms with van der Waals surface area (Å²) >= 11 is 7.67. The van der Waals surface area contributed by atoms with Crippen LogP contribution in [0.2, 0.25) is 5.02 Å². The fourth-order valence-electron chi connectivity index (χ4n) is 2.00. The highest BCUT2D eigenvalue weighted by Crippen LogP contribution is 2.24. The van der Waals surface area contributed by atoms with Crippen molar-refractivity contribution in [3.63, 3.8) is 0 Å². The summed E-state index contributed by atoms with van der Waals surface area (Å²) < 4.78 is 0. The molecule has 1 heterocycles. The number of hydrogen-bond acceptors (Lipinski definition) is 3. The van der Waals surface area contributed by atoms with Gasteiger partial charge in [0, 0.05) is 22.5 Å². The second-order valence-electron chi connectivity index (χ2n) is 4.32. The second-order valence-corrected chi connectivity index (χ2v) is 5.47. The van der Waals surface area contributed by atoms with Gasteiger partial charge in [0.2, 0.25) is 0 Å². The molecule has 0 saturated heterocycles. The molecule has 0 aliphatic heterocycles. The molecule has 2 unspecified atom stereocenters. The van der Waals surface area contributed by atoms with Crippen LogP contribution in [0.1, 0.15) is 43.6 Å². The molecule has 0 aliphatic rings. The summed E-state index contributed by atoms with van der Waals surface area (Å²) in [5, 5.41) is 6.47. The summed E-state index contributed by atoms with van der Waals surface area (Å²) in [7, 11) is 0. The van der Waals surface area contributed by atoms with E-state index in [0.29, 0.717) is 6.04 Å². The van der Waals surface area contributed by atoms with E-state index in [1.165, 1.54) is 5.56 Å². The number of thiazole rings is 1. The first-order valence-corrected chi connectivity index (χ1v) is 7.42. The monoisotopic (exact) mass is 280 g/mol. The number of hydrogen-bond donors (Lipinski definition) is 1. The maximum Gasteiger partial charge on any atom is 0.0795 e. The molecular formula is C14H17ClN2S. The third-order valence-electron chi connectivity index (χ3n) is 3.01. The lowest BCUT2D eigenvalue weighted by Crippen LogP contribution is -2.24. The van der Waals surface area contributed by atoms with Gasteiger partial charge in [0.15, 0.2) is 0 Å². The van der Waals surface area contributed by atoms with E-state index in [9.17, 15) is 0 Å². The molecule has 1 aromatic heterocycles. The Balaban J connectivity index is 2.10. The van der Waals surface area contributed by atoms with Crippen LogP contribution in [0, 0.1) is 0 Å². The van der Waals surface area contributed by atoms with Gasteiger partial charge in [-0.1, -0.05) is 30.7 Å². The first-order chi connectivity index (χ1) is 8.70. The van der Waals surface area contributed by atoms with Gasteiger partial charge in [-0.15, -0.1) is 11.3 Å². The van der Waals surface area contributed by atoms with Gasteiger partial charge in [0.25, 0.3) is 0 Å².